The first kappa shape index (κ1) is 18.8. The summed E-state index contributed by atoms with van der Waals surface area (Å²) in [5, 5.41) is 3.81. The van der Waals surface area contributed by atoms with Gasteiger partial charge in [0.05, 0.1) is 12.0 Å². The van der Waals surface area contributed by atoms with Crippen LogP contribution >= 0.6 is 11.6 Å². The van der Waals surface area contributed by atoms with Crippen LogP contribution in [0.3, 0.4) is 0 Å². The molecular weight excluding hydrogens is 346 g/mol. The quantitative estimate of drug-likeness (QED) is 0.711. The van der Waals surface area contributed by atoms with Crippen molar-refractivity contribution in [3.63, 3.8) is 0 Å². The van der Waals surface area contributed by atoms with Crippen molar-refractivity contribution in [1.82, 2.24) is 0 Å². The Morgan fingerprint density at radius 3 is 2.54 bits per heavy atom. The molecule has 1 aliphatic carbocycles. The van der Waals surface area contributed by atoms with E-state index in [9.17, 15) is 4.79 Å². The van der Waals surface area contributed by atoms with E-state index in [1.54, 1.807) is 0 Å². The number of anilines is 1. The molecule has 0 spiro atoms. The first-order chi connectivity index (χ1) is 12.6. The topological polar surface area (TPSA) is 38.3 Å². The molecule has 1 saturated carbocycles. The average molecular weight is 372 g/mol. The predicted octanol–water partition coefficient (Wildman–Crippen LogP) is 5.89. The molecule has 26 heavy (non-hydrogen) atoms. The molecule has 1 fully saturated rings. The van der Waals surface area contributed by atoms with Crippen LogP contribution in [-0.4, -0.2) is 12.5 Å². The third-order valence-corrected chi connectivity index (χ3v) is 5.59. The van der Waals surface area contributed by atoms with Gasteiger partial charge in [0.1, 0.15) is 5.75 Å². The van der Waals surface area contributed by atoms with Gasteiger partial charge in [-0.3, -0.25) is 4.79 Å². The van der Waals surface area contributed by atoms with Crippen molar-refractivity contribution in [3.8, 4) is 5.75 Å². The number of benzene rings is 2. The van der Waals surface area contributed by atoms with Gasteiger partial charge in [-0.25, -0.2) is 0 Å². The number of halogens is 1. The van der Waals surface area contributed by atoms with Crippen molar-refractivity contribution in [2.45, 2.75) is 51.4 Å². The van der Waals surface area contributed by atoms with Gasteiger partial charge >= 0.3 is 0 Å². The Morgan fingerprint density at radius 1 is 1.15 bits per heavy atom. The lowest BCUT2D eigenvalue weighted by Gasteiger charge is -2.37. The highest BCUT2D eigenvalue weighted by Gasteiger charge is 2.42. The summed E-state index contributed by atoms with van der Waals surface area (Å²) < 4.78 is 5.59. The molecule has 2 aromatic carbocycles. The summed E-state index contributed by atoms with van der Waals surface area (Å²) in [6.07, 6.45) is 4.92. The molecule has 4 heteroatoms. The Kier molecular flexibility index (Phi) is 5.87. The minimum absolute atomic E-state index is 0.0360. The van der Waals surface area contributed by atoms with Crippen LogP contribution in [0.1, 0.15) is 50.2 Å². The van der Waals surface area contributed by atoms with E-state index in [1.807, 2.05) is 56.3 Å². The van der Waals surface area contributed by atoms with Crippen LogP contribution in [0.4, 0.5) is 5.69 Å². The summed E-state index contributed by atoms with van der Waals surface area (Å²) in [4.78, 5) is 13.4. The Morgan fingerprint density at radius 2 is 1.88 bits per heavy atom. The summed E-state index contributed by atoms with van der Waals surface area (Å²) in [5.74, 6) is 0.887. The Bertz CT molecular complexity index is 781. The number of amides is 1. The summed E-state index contributed by atoms with van der Waals surface area (Å²) in [7, 11) is 0. The third kappa shape index (κ3) is 3.73. The van der Waals surface area contributed by atoms with Crippen molar-refractivity contribution in [3.05, 3.63) is 58.6 Å². The summed E-state index contributed by atoms with van der Waals surface area (Å²) in [6.45, 7) is 4.58. The minimum atomic E-state index is -0.552. The standard InChI is InChI=1S/C22H26ClNO2/c1-3-26-20-12-11-17(15-16(20)2)24-21(25)22(13-7-4-8-14-22)18-9-5-6-10-19(18)23/h5-6,9-12,15H,3-4,7-8,13-14H2,1-2H3,(H,24,25). The van der Waals surface area contributed by atoms with Gasteiger partial charge in [-0.1, -0.05) is 49.1 Å². The first-order valence-corrected chi connectivity index (χ1v) is 9.74. The van der Waals surface area contributed by atoms with Crippen molar-refractivity contribution >= 4 is 23.2 Å². The molecule has 0 saturated heterocycles. The fourth-order valence-electron chi connectivity index (χ4n) is 3.92. The second-order valence-electron chi connectivity index (χ2n) is 6.99. The van der Waals surface area contributed by atoms with Gasteiger partial charge in [0.2, 0.25) is 5.91 Å². The average Bonchev–Trinajstić information content (AvgIpc) is 2.65. The van der Waals surface area contributed by atoms with Gasteiger partial charge in [0, 0.05) is 10.7 Å². The van der Waals surface area contributed by atoms with Crippen molar-refractivity contribution in [1.29, 1.82) is 0 Å². The molecule has 0 aliphatic heterocycles. The minimum Gasteiger partial charge on any atom is -0.494 e. The SMILES string of the molecule is CCOc1ccc(NC(=O)C2(c3ccccc3Cl)CCCCC2)cc1C. The highest BCUT2D eigenvalue weighted by atomic mass is 35.5. The van der Waals surface area contributed by atoms with Gasteiger partial charge in [0.15, 0.2) is 0 Å². The predicted molar refractivity (Wildman–Crippen MR) is 107 cm³/mol. The number of hydrogen-bond donors (Lipinski definition) is 1. The molecule has 1 amide bonds. The zero-order chi connectivity index (χ0) is 18.6. The number of carbonyl (C=O) groups excluding carboxylic acids is 1. The largest absolute Gasteiger partial charge is 0.494 e. The van der Waals surface area contributed by atoms with Gasteiger partial charge in [-0.15, -0.1) is 0 Å². The van der Waals surface area contributed by atoms with Gasteiger partial charge in [-0.2, -0.15) is 0 Å². The molecule has 1 aliphatic rings. The summed E-state index contributed by atoms with van der Waals surface area (Å²) in [6, 6.07) is 13.5. The molecule has 2 aromatic rings. The van der Waals surface area contributed by atoms with E-state index in [2.05, 4.69) is 5.32 Å². The smallest absolute Gasteiger partial charge is 0.235 e. The molecule has 3 rings (SSSR count). The van der Waals surface area contributed by atoms with Crippen molar-refractivity contribution in [2.75, 3.05) is 11.9 Å². The van der Waals surface area contributed by atoms with Crippen LogP contribution in [0.15, 0.2) is 42.5 Å². The molecule has 3 nitrogen and oxygen atoms in total. The molecule has 0 radical (unpaired) electrons. The fraction of sp³-hybridized carbons (Fsp3) is 0.409. The lowest BCUT2D eigenvalue weighted by molar-refractivity contribution is -0.122. The molecule has 0 atom stereocenters. The Hall–Kier alpha value is -2.00. The molecule has 0 bridgehead atoms. The number of hydrogen-bond acceptors (Lipinski definition) is 2. The third-order valence-electron chi connectivity index (χ3n) is 5.26. The van der Waals surface area contributed by atoms with Gasteiger partial charge in [-0.05, 0) is 62.1 Å². The van der Waals surface area contributed by atoms with E-state index in [1.165, 1.54) is 6.42 Å². The van der Waals surface area contributed by atoms with Crippen LogP contribution in [-0.2, 0) is 10.2 Å². The van der Waals surface area contributed by atoms with E-state index in [0.29, 0.717) is 11.6 Å². The zero-order valence-corrected chi connectivity index (χ0v) is 16.2. The van der Waals surface area contributed by atoms with Crippen LogP contribution < -0.4 is 10.1 Å². The lowest BCUT2D eigenvalue weighted by atomic mass is 9.68. The number of ether oxygens (including phenoxy) is 1. The molecule has 1 N–H and O–H groups in total. The maximum absolute atomic E-state index is 13.4. The van der Waals surface area contributed by atoms with Gasteiger partial charge in [0.25, 0.3) is 0 Å². The Balaban J connectivity index is 1.90. The van der Waals surface area contributed by atoms with E-state index >= 15 is 0 Å². The van der Waals surface area contributed by atoms with Gasteiger partial charge < -0.3 is 10.1 Å². The molecule has 0 heterocycles. The number of aryl methyl sites for hydroxylation is 1. The van der Waals surface area contributed by atoms with Crippen molar-refractivity contribution in [2.24, 2.45) is 0 Å². The summed E-state index contributed by atoms with van der Waals surface area (Å²) >= 11 is 6.48. The first-order valence-electron chi connectivity index (χ1n) is 9.37. The van der Waals surface area contributed by atoms with Crippen molar-refractivity contribution < 1.29 is 9.53 Å². The maximum atomic E-state index is 13.4. The van der Waals surface area contributed by atoms with E-state index in [4.69, 9.17) is 16.3 Å². The maximum Gasteiger partial charge on any atom is 0.235 e. The Labute approximate surface area is 160 Å². The molecule has 138 valence electrons. The second-order valence-corrected chi connectivity index (χ2v) is 7.40. The normalized spacial score (nSPS) is 16.1. The zero-order valence-electron chi connectivity index (χ0n) is 15.5. The van der Waals surface area contributed by atoms with E-state index in [0.717, 1.165) is 48.2 Å². The van der Waals surface area contributed by atoms with E-state index in [-0.39, 0.29) is 5.91 Å². The molecule has 0 unspecified atom stereocenters. The van der Waals surface area contributed by atoms with Crippen LogP contribution in [0.25, 0.3) is 0 Å². The molecular formula is C22H26ClNO2. The second kappa shape index (κ2) is 8.13. The number of rotatable bonds is 5. The molecule has 0 aromatic heterocycles. The van der Waals surface area contributed by atoms with E-state index < -0.39 is 5.41 Å². The van der Waals surface area contributed by atoms with Crippen LogP contribution in [0.5, 0.6) is 5.75 Å². The highest BCUT2D eigenvalue weighted by Crippen LogP contribution is 2.43. The fourth-order valence-corrected chi connectivity index (χ4v) is 4.24. The van der Waals surface area contributed by atoms with Crippen LogP contribution in [0, 0.1) is 6.92 Å². The summed E-state index contributed by atoms with van der Waals surface area (Å²) in [5.41, 5.74) is 2.21. The van der Waals surface area contributed by atoms with Crippen LogP contribution in [0.2, 0.25) is 5.02 Å². The lowest BCUT2D eigenvalue weighted by Crippen LogP contribution is -2.42. The highest BCUT2D eigenvalue weighted by molar-refractivity contribution is 6.31. The number of carbonyl (C=O) groups is 1. The monoisotopic (exact) mass is 371 g/mol. The number of nitrogens with one attached hydrogen (secondary N) is 1.